The van der Waals surface area contributed by atoms with Crippen LogP contribution < -0.4 is 5.32 Å². The molecule has 1 aliphatic heterocycles. The fourth-order valence-corrected chi connectivity index (χ4v) is 2.42. The standard InChI is InChI=1S/C14H30N2/c1-3-5-7-10-15-14-8-12-16(13-9-14)11-6-4-2/h14-15H,3-13H2,1-2H3. The third kappa shape index (κ3) is 5.86. The fourth-order valence-electron chi connectivity index (χ4n) is 2.42. The second-order valence-electron chi connectivity index (χ2n) is 5.13. The van der Waals surface area contributed by atoms with Crippen LogP contribution >= 0.6 is 0 Å². The van der Waals surface area contributed by atoms with Crippen molar-refractivity contribution in [3.05, 3.63) is 0 Å². The highest BCUT2D eigenvalue weighted by Gasteiger charge is 2.17. The number of hydrogen-bond acceptors (Lipinski definition) is 2. The molecular weight excluding hydrogens is 196 g/mol. The Morgan fingerprint density at radius 1 is 1.00 bits per heavy atom. The van der Waals surface area contributed by atoms with E-state index in [4.69, 9.17) is 0 Å². The topological polar surface area (TPSA) is 15.3 Å². The summed E-state index contributed by atoms with van der Waals surface area (Å²) in [5, 5.41) is 3.71. The Bertz CT molecular complexity index is 151. The molecular formula is C14H30N2. The van der Waals surface area contributed by atoms with Crippen LogP contribution in [0.15, 0.2) is 0 Å². The second kappa shape index (κ2) is 9.00. The summed E-state index contributed by atoms with van der Waals surface area (Å²) in [4.78, 5) is 2.63. The van der Waals surface area contributed by atoms with E-state index in [0.717, 1.165) is 6.04 Å². The molecule has 0 aromatic rings. The number of piperidine rings is 1. The Morgan fingerprint density at radius 2 is 1.69 bits per heavy atom. The summed E-state index contributed by atoms with van der Waals surface area (Å²) in [7, 11) is 0. The van der Waals surface area contributed by atoms with Gasteiger partial charge in [-0.2, -0.15) is 0 Å². The van der Waals surface area contributed by atoms with Crippen LogP contribution in [0.4, 0.5) is 0 Å². The van der Waals surface area contributed by atoms with E-state index in [1.54, 1.807) is 0 Å². The molecule has 1 saturated heterocycles. The summed E-state index contributed by atoms with van der Waals surface area (Å²) in [6.07, 6.45) is 9.47. The van der Waals surface area contributed by atoms with Crippen LogP contribution in [0.3, 0.4) is 0 Å². The van der Waals surface area contributed by atoms with Crippen LogP contribution in [0.1, 0.15) is 58.8 Å². The lowest BCUT2D eigenvalue weighted by atomic mass is 10.0. The lowest BCUT2D eigenvalue weighted by Gasteiger charge is -2.32. The Hall–Kier alpha value is -0.0800. The van der Waals surface area contributed by atoms with E-state index in [-0.39, 0.29) is 0 Å². The van der Waals surface area contributed by atoms with Gasteiger partial charge in [-0.1, -0.05) is 33.1 Å². The molecule has 0 aromatic heterocycles. The SMILES string of the molecule is CCCCCNC1CCN(CCCC)CC1. The van der Waals surface area contributed by atoms with Gasteiger partial charge < -0.3 is 10.2 Å². The summed E-state index contributed by atoms with van der Waals surface area (Å²) in [6.45, 7) is 9.72. The quantitative estimate of drug-likeness (QED) is 0.640. The van der Waals surface area contributed by atoms with Crippen molar-refractivity contribution in [2.24, 2.45) is 0 Å². The van der Waals surface area contributed by atoms with Crippen molar-refractivity contribution in [2.75, 3.05) is 26.2 Å². The van der Waals surface area contributed by atoms with Crippen LogP contribution in [-0.4, -0.2) is 37.1 Å². The highest BCUT2D eigenvalue weighted by Crippen LogP contribution is 2.11. The first-order chi connectivity index (χ1) is 7.86. The third-order valence-corrected chi connectivity index (χ3v) is 3.63. The molecule has 0 unspecified atom stereocenters. The normalized spacial score (nSPS) is 19.1. The second-order valence-corrected chi connectivity index (χ2v) is 5.13. The molecule has 1 heterocycles. The number of hydrogen-bond donors (Lipinski definition) is 1. The molecule has 2 heteroatoms. The first-order valence-corrected chi connectivity index (χ1v) is 7.32. The van der Waals surface area contributed by atoms with E-state index < -0.39 is 0 Å². The minimum Gasteiger partial charge on any atom is -0.314 e. The largest absolute Gasteiger partial charge is 0.314 e. The van der Waals surface area contributed by atoms with Gasteiger partial charge in [0.1, 0.15) is 0 Å². The van der Waals surface area contributed by atoms with Crippen LogP contribution in [0, 0.1) is 0 Å². The van der Waals surface area contributed by atoms with Gasteiger partial charge in [-0.05, 0) is 51.9 Å². The summed E-state index contributed by atoms with van der Waals surface area (Å²) in [6, 6.07) is 0.801. The number of unbranched alkanes of at least 4 members (excludes halogenated alkanes) is 3. The van der Waals surface area contributed by atoms with Crippen molar-refractivity contribution in [3.8, 4) is 0 Å². The average molecular weight is 226 g/mol. The summed E-state index contributed by atoms with van der Waals surface area (Å²) in [5.74, 6) is 0. The molecule has 2 nitrogen and oxygen atoms in total. The molecule has 0 aromatic carbocycles. The van der Waals surface area contributed by atoms with E-state index in [2.05, 4.69) is 24.1 Å². The minimum absolute atomic E-state index is 0.801. The van der Waals surface area contributed by atoms with Crippen molar-refractivity contribution >= 4 is 0 Å². The molecule has 0 amide bonds. The van der Waals surface area contributed by atoms with Gasteiger partial charge in [0.15, 0.2) is 0 Å². The molecule has 96 valence electrons. The van der Waals surface area contributed by atoms with E-state index in [0.29, 0.717) is 0 Å². The Balaban J connectivity index is 1.98. The van der Waals surface area contributed by atoms with E-state index in [1.165, 1.54) is 71.1 Å². The third-order valence-electron chi connectivity index (χ3n) is 3.63. The zero-order valence-electron chi connectivity index (χ0n) is 11.3. The van der Waals surface area contributed by atoms with Crippen molar-refractivity contribution in [1.29, 1.82) is 0 Å². The number of nitrogens with one attached hydrogen (secondary N) is 1. The summed E-state index contributed by atoms with van der Waals surface area (Å²) < 4.78 is 0. The monoisotopic (exact) mass is 226 g/mol. The molecule has 0 saturated carbocycles. The highest BCUT2D eigenvalue weighted by atomic mass is 15.1. The predicted octanol–water partition coefficient (Wildman–Crippen LogP) is 3.03. The minimum atomic E-state index is 0.801. The van der Waals surface area contributed by atoms with Crippen LogP contribution in [-0.2, 0) is 0 Å². The number of rotatable bonds is 8. The number of nitrogens with zero attached hydrogens (tertiary/aromatic N) is 1. The molecule has 1 rings (SSSR count). The molecule has 1 N–H and O–H groups in total. The smallest absolute Gasteiger partial charge is 0.00914 e. The van der Waals surface area contributed by atoms with Gasteiger partial charge in [0.2, 0.25) is 0 Å². The summed E-state index contributed by atoms with van der Waals surface area (Å²) >= 11 is 0. The van der Waals surface area contributed by atoms with Crippen LogP contribution in [0.2, 0.25) is 0 Å². The average Bonchev–Trinajstić information content (AvgIpc) is 2.33. The van der Waals surface area contributed by atoms with Gasteiger partial charge in [-0.3, -0.25) is 0 Å². The van der Waals surface area contributed by atoms with Gasteiger partial charge >= 0.3 is 0 Å². The van der Waals surface area contributed by atoms with Crippen LogP contribution in [0.5, 0.6) is 0 Å². The molecule has 16 heavy (non-hydrogen) atoms. The van der Waals surface area contributed by atoms with Crippen molar-refractivity contribution in [2.45, 2.75) is 64.8 Å². The van der Waals surface area contributed by atoms with Gasteiger partial charge in [-0.25, -0.2) is 0 Å². The summed E-state index contributed by atoms with van der Waals surface area (Å²) in [5.41, 5.74) is 0. The molecule has 0 spiro atoms. The maximum atomic E-state index is 3.71. The first-order valence-electron chi connectivity index (χ1n) is 7.32. The first kappa shape index (κ1) is 14.0. The van der Waals surface area contributed by atoms with Gasteiger partial charge in [-0.15, -0.1) is 0 Å². The molecule has 0 aliphatic carbocycles. The maximum absolute atomic E-state index is 3.71. The Labute approximate surface area is 102 Å². The number of likely N-dealkylation sites (tertiary alicyclic amines) is 1. The van der Waals surface area contributed by atoms with Gasteiger partial charge in [0.05, 0.1) is 0 Å². The Morgan fingerprint density at radius 3 is 2.31 bits per heavy atom. The van der Waals surface area contributed by atoms with Crippen molar-refractivity contribution < 1.29 is 0 Å². The lowest BCUT2D eigenvalue weighted by Crippen LogP contribution is -2.43. The van der Waals surface area contributed by atoms with E-state index in [9.17, 15) is 0 Å². The van der Waals surface area contributed by atoms with Gasteiger partial charge in [0.25, 0.3) is 0 Å². The molecule has 1 fully saturated rings. The molecule has 0 bridgehead atoms. The highest BCUT2D eigenvalue weighted by molar-refractivity contribution is 4.76. The van der Waals surface area contributed by atoms with E-state index in [1.807, 2.05) is 0 Å². The van der Waals surface area contributed by atoms with Crippen molar-refractivity contribution in [1.82, 2.24) is 10.2 Å². The van der Waals surface area contributed by atoms with Crippen molar-refractivity contribution in [3.63, 3.8) is 0 Å². The lowest BCUT2D eigenvalue weighted by molar-refractivity contribution is 0.195. The van der Waals surface area contributed by atoms with Crippen LogP contribution in [0.25, 0.3) is 0 Å². The van der Waals surface area contributed by atoms with E-state index >= 15 is 0 Å². The van der Waals surface area contributed by atoms with Gasteiger partial charge in [0, 0.05) is 6.04 Å². The zero-order valence-corrected chi connectivity index (χ0v) is 11.3. The fraction of sp³-hybridized carbons (Fsp3) is 1.00. The maximum Gasteiger partial charge on any atom is 0.00914 e. The Kier molecular flexibility index (Phi) is 7.87. The predicted molar refractivity (Wildman–Crippen MR) is 71.9 cm³/mol. The molecule has 0 atom stereocenters. The zero-order chi connectivity index (χ0) is 11.6. The molecule has 1 aliphatic rings. The molecule has 0 radical (unpaired) electrons.